The molecule has 0 unspecified atom stereocenters. The smallest absolute Gasteiger partial charge is 0.305 e. The number of benzene rings is 1. The molecule has 0 bridgehead atoms. The molecule has 7 heteroatoms. The molecule has 0 spiro atoms. The highest BCUT2D eigenvalue weighted by Crippen LogP contribution is 2.21. The second-order valence-electron chi connectivity index (χ2n) is 5.46. The molecule has 0 aliphatic carbocycles. The lowest BCUT2D eigenvalue weighted by Crippen LogP contribution is -2.46. The monoisotopic (exact) mass is 287 g/mol. The molecular weight excluding hydrogens is 268 g/mol. The minimum atomic E-state index is -1.16. The number of rotatable bonds is 6. The lowest BCUT2D eigenvalue weighted by Gasteiger charge is -2.32. The second kappa shape index (κ2) is 6.23. The Morgan fingerprint density at radius 1 is 1.30 bits per heavy atom. The highest BCUT2D eigenvalue weighted by molar-refractivity contribution is 5.37. The zero-order chi connectivity index (χ0) is 15.5. The second-order valence-corrected chi connectivity index (χ2v) is 5.46. The van der Waals surface area contributed by atoms with Crippen LogP contribution in [0.1, 0.15) is 19.4 Å². The molecule has 0 fully saturated rings. The molecular formula is C13H19F2N3O2. The number of likely N-dealkylation sites (N-methyl/N-ethyl adjacent to an activating group) is 1. The molecule has 0 heterocycles. The summed E-state index contributed by atoms with van der Waals surface area (Å²) in [6, 6.07) is 1.48. The Labute approximate surface area is 116 Å². The number of nitro benzene ring substituents is 1. The highest BCUT2D eigenvalue weighted by atomic mass is 19.1. The van der Waals surface area contributed by atoms with Crippen LogP contribution in [0.5, 0.6) is 0 Å². The van der Waals surface area contributed by atoms with Gasteiger partial charge in [0.2, 0.25) is 5.82 Å². The number of halogens is 2. The summed E-state index contributed by atoms with van der Waals surface area (Å²) in [6.07, 6.45) is 0. The molecule has 0 saturated carbocycles. The van der Waals surface area contributed by atoms with Crippen LogP contribution in [-0.2, 0) is 6.54 Å². The Bertz CT molecular complexity index is 505. The molecule has 0 aromatic heterocycles. The Hall–Kier alpha value is -1.60. The van der Waals surface area contributed by atoms with Crippen LogP contribution in [0.25, 0.3) is 0 Å². The summed E-state index contributed by atoms with van der Waals surface area (Å²) in [7, 11) is 3.84. The maximum absolute atomic E-state index is 13.6. The summed E-state index contributed by atoms with van der Waals surface area (Å²) >= 11 is 0. The first kappa shape index (κ1) is 16.5. The van der Waals surface area contributed by atoms with Crippen LogP contribution in [0.15, 0.2) is 12.1 Å². The molecule has 0 radical (unpaired) electrons. The van der Waals surface area contributed by atoms with Crippen LogP contribution in [0.4, 0.5) is 14.5 Å². The highest BCUT2D eigenvalue weighted by Gasteiger charge is 2.21. The van der Waals surface area contributed by atoms with E-state index in [-0.39, 0.29) is 17.6 Å². The van der Waals surface area contributed by atoms with Gasteiger partial charge in [-0.25, -0.2) is 4.39 Å². The third-order valence-electron chi connectivity index (χ3n) is 3.40. The Kier molecular flexibility index (Phi) is 5.13. The standard InChI is InChI=1S/C13H19F2N3O2/c1-13(2,17(3)4)8-16-7-9-5-12(18(19)20)11(15)6-10(9)14/h5-6,16H,7-8H2,1-4H3. The maximum atomic E-state index is 13.6. The maximum Gasteiger partial charge on any atom is 0.305 e. The summed E-state index contributed by atoms with van der Waals surface area (Å²) in [4.78, 5) is 11.8. The van der Waals surface area contributed by atoms with E-state index < -0.39 is 22.2 Å². The molecule has 0 amide bonds. The molecule has 0 saturated heterocycles. The third-order valence-corrected chi connectivity index (χ3v) is 3.40. The predicted molar refractivity (Wildman–Crippen MR) is 72.5 cm³/mol. The Balaban J connectivity index is 2.79. The van der Waals surface area contributed by atoms with Gasteiger partial charge in [-0.3, -0.25) is 10.1 Å². The van der Waals surface area contributed by atoms with Crippen molar-refractivity contribution in [2.45, 2.75) is 25.9 Å². The van der Waals surface area contributed by atoms with Crippen molar-refractivity contribution in [2.24, 2.45) is 0 Å². The summed E-state index contributed by atoms with van der Waals surface area (Å²) in [5, 5.41) is 13.6. The predicted octanol–water partition coefficient (Wildman–Crippen LogP) is 2.30. The average Bonchev–Trinajstić information content (AvgIpc) is 2.31. The van der Waals surface area contributed by atoms with E-state index in [4.69, 9.17) is 0 Å². The van der Waals surface area contributed by atoms with E-state index in [0.717, 1.165) is 6.07 Å². The van der Waals surface area contributed by atoms with E-state index in [0.29, 0.717) is 12.6 Å². The number of nitrogens with zero attached hydrogens (tertiary/aromatic N) is 2. The van der Waals surface area contributed by atoms with Gasteiger partial charge in [0, 0.05) is 36.3 Å². The van der Waals surface area contributed by atoms with E-state index in [2.05, 4.69) is 5.32 Å². The van der Waals surface area contributed by atoms with Crippen LogP contribution < -0.4 is 5.32 Å². The van der Waals surface area contributed by atoms with Gasteiger partial charge in [-0.1, -0.05) is 0 Å². The van der Waals surface area contributed by atoms with Gasteiger partial charge < -0.3 is 10.2 Å². The number of nitro groups is 1. The minimum Gasteiger partial charge on any atom is -0.311 e. The van der Waals surface area contributed by atoms with Crippen LogP contribution in [0.2, 0.25) is 0 Å². The molecule has 1 aromatic rings. The van der Waals surface area contributed by atoms with Gasteiger partial charge >= 0.3 is 5.69 Å². The zero-order valence-corrected chi connectivity index (χ0v) is 12.0. The first-order chi connectivity index (χ1) is 9.15. The molecule has 112 valence electrons. The van der Waals surface area contributed by atoms with E-state index in [1.165, 1.54) is 0 Å². The zero-order valence-electron chi connectivity index (χ0n) is 12.0. The van der Waals surface area contributed by atoms with Gasteiger partial charge in [-0.15, -0.1) is 0 Å². The van der Waals surface area contributed by atoms with Gasteiger partial charge in [0.05, 0.1) is 4.92 Å². The number of nitrogens with one attached hydrogen (secondary N) is 1. The van der Waals surface area contributed by atoms with Crippen LogP contribution in [0, 0.1) is 21.7 Å². The first-order valence-corrected chi connectivity index (χ1v) is 6.15. The lowest BCUT2D eigenvalue weighted by molar-refractivity contribution is -0.387. The van der Waals surface area contributed by atoms with Crippen LogP contribution >= 0.6 is 0 Å². The largest absolute Gasteiger partial charge is 0.311 e. The van der Waals surface area contributed by atoms with E-state index in [1.807, 2.05) is 32.8 Å². The van der Waals surface area contributed by atoms with Crippen molar-refractivity contribution in [1.29, 1.82) is 0 Å². The number of hydrogen-bond donors (Lipinski definition) is 1. The van der Waals surface area contributed by atoms with E-state index in [1.54, 1.807) is 0 Å². The molecule has 1 N–H and O–H groups in total. The van der Waals surface area contributed by atoms with Crippen molar-refractivity contribution in [3.63, 3.8) is 0 Å². The molecule has 1 aromatic carbocycles. The summed E-state index contributed by atoms with van der Waals surface area (Å²) < 4.78 is 26.7. The topological polar surface area (TPSA) is 58.4 Å². The quantitative estimate of drug-likeness (QED) is 0.644. The molecule has 1 rings (SSSR count). The van der Waals surface area contributed by atoms with Crippen molar-refractivity contribution in [3.8, 4) is 0 Å². The van der Waals surface area contributed by atoms with Gasteiger partial charge in [-0.2, -0.15) is 4.39 Å². The average molecular weight is 287 g/mol. The fourth-order valence-corrected chi connectivity index (χ4v) is 1.52. The first-order valence-electron chi connectivity index (χ1n) is 6.15. The van der Waals surface area contributed by atoms with Crippen LogP contribution in [0.3, 0.4) is 0 Å². The van der Waals surface area contributed by atoms with Crippen molar-refractivity contribution >= 4 is 5.69 Å². The van der Waals surface area contributed by atoms with Crippen molar-refractivity contribution in [3.05, 3.63) is 39.4 Å². The Morgan fingerprint density at radius 3 is 2.40 bits per heavy atom. The SMILES string of the molecule is CN(C)C(C)(C)CNCc1cc([N+](=O)[O-])c(F)cc1F. The van der Waals surface area contributed by atoms with E-state index in [9.17, 15) is 18.9 Å². The molecule has 0 aliphatic heterocycles. The van der Waals surface area contributed by atoms with Gasteiger partial charge in [0.15, 0.2) is 0 Å². The Morgan fingerprint density at radius 2 is 1.90 bits per heavy atom. The minimum absolute atomic E-state index is 0.0765. The fourth-order valence-electron chi connectivity index (χ4n) is 1.52. The fraction of sp³-hybridized carbons (Fsp3) is 0.538. The van der Waals surface area contributed by atoms with Gasteiger partial charge in [0.25, 0.3) is 0 Å². The molecule has 0 aliphatic rings. The van der Waals surface area contributed by atoms with Gasteiger partial charge in [-0.05, 0) is 27.9 Å². The van der Waals surface area contributed by atoms with E-state index >= 15 is 0 Å². The normalized spacial score (nSPS) is 11.9. The van der Waals surface area contributed by atoms with Crippen molar-refractivity contribution in [1.82, 2.24) is 10.2 Å². The third kappa shape index (κ3) is 3.94. The summed E-state index contributed by atoms with van der Waals surface area (Å²) in [5.41, 5.74) is -0.787. The lowest BCUT2D eigenvalue weighted by atomic mass is 10.0. The van der Waals surface area contributed by atoms with Crippen LogP contribution in [-0.4, -0.2) is 36.0 Å². The molecule has 20 heavy (non-hydrogen) atoms. The van der Waals surface area contributed by atoms with Crippen molar-refractivity contribution in [2.75, 3.05) is 20.6 Å². The number of hydrogen-bond acceptors (Lipinski definition) is 4. The summed E-state index contributed by atoms with van der Waals surface area (Å²) in [6.45, 7) is 4.67. The molecule has 0 atom stereocenters. The molecule has 5 nitrogen and oxygen atoms in total. The van der Waals surface area contributed by atoms with Crippen molar-refractivity contribution < 1.29 is 13.7 Å². The van der Waals surface area contributed by atoms with Gasteiger partial charge in [0.1, 0.15) is 5.82 Å². The summed E-state index contributed by atoms with van der Waals surface area (Å²) in [5.74, 6) is -1.95.